The summed E-state index contributed by atoms with van der Waals surface area (Å²) >= 11 is 0. The van der Waals surface area contributed by atoms with Gasteiger partial charge in [-0.1, -0.05) is 69.4 Å². The van der Waals surface area contributed by atoms with Crippen molar-refractivity contribution in [3.05, 3.63) is 36.5 Å². The van der Waals surface area contributed by atoms with Crippen LogP contribution in [0.5, 0.6) is 0 Å². The Hall–Kier alpha value is -1.11. The second-order valence-electron chi connectivity index (χ2n) is 3.89. The third kappa shape index (κ3) is 12.9. The maximum atomic E-state index is 9.95. The van der Waals surface area contributed by atoms with Crippen molar-refractivity contribution in [3.8, 4) is 0 Å². The van der Waals surface area contributed by atoms with Crippen LogP contribution < -0.4 is 0 Å². The minimum Gasteiger partial charge on any atom is -0.299 e. The van der Waals surface area contributed by atoms with E-state index in [1.807, 2.05) is 18.2 Å². The SMILES string of the molecule is CCCCCCCC/C=C/C=C/C=C/C=O. The molecule has 0 amide bonds. The molecule has 0 aliphatic heterocycles. The van der Waals surface area contributed by atoms with Crippen molar-refractivity contribution >= 4 is 6.29 Å². The van der Waals surface area contributed by atoms with Crippen LogP contribution in [-0.4, -0.2) is 6.29 Å². The zero-order valence-corrected chi connectivity index (χ0v) is 10.4. The van der Waals surface area contributed by atoms with Gasteiger partial charge in [0.1, 0.15) is 6.29 Å². The predicted octanol–water partition coefficient (Wildman–Crippen LogP) is 4.60. The normalized spacial score (nSPS) is 12.1. The molecule has 0 rings (SSSR count). The van der Waals surface area contributed by atoms with E-state index in [2.05, 4.69) is 13.0 Å². The van der Waals surface area contributed by atoms with E-state index in [9.17, 15) is 4.79 Å². The van der Waals surface area contributed by atoms with Crippen LogP contribution in [-0.2, 0) is 4.79 Å². The first-order valence-electron chi connectivity index (χ1n) is 6.35. The molecule has 0 radical (unpaired) electrons. The third-order valence-corrected chi connectivity index (χ3v) is 2.38. The van der Waals surface area contributed by atoms with Crippen molar-refractivity contribution in [2.24, 2.45) is 0 Å². The van der Waals surface area contributed by atoms with Crippen LogP contribution in [0.1, 0.15) is 51.9 Å². The van der Waals surface area contributed by atoms with Gasteiger partial charge >= 0.3 is 0 Å². The minimum absolute atomic E-state index is 0.782. The first-order chi connectivity index (χ1) is 7.91. The summed E-state index contributed by atoms with van der Waals surface area (Å²) in [6.45, 7) is 2.24. The zero-order chi connectivity index (χ0) is 11.9. The topological polar surface area (TPSA) is 17.1 Å². The van der Waals surface area contributed by atoms with Crippen LogP contribution in [0.3, 0.4) is 0 Å². The van der Waals surface area contributed by atoms with Gasteiger partial charge in [-0.25, -0.2) is 0 Å². The Kier molecular flexibility index (Phi) is 12.9. The predicted molar refractivity (Wildman–Crippen MR) is 71.5 cm³/mol. The Bertz CT molecular complexity index is 224. The second-order valence-corrected chi connectivity index (χ2v) is 3.89. The van der Waals surface area contributed by atoms with Crippen molar-refractivity contribution in [1.82, 2.24) is 0 Å². The Morgan fingerprint density at radius 2 is 1.38 bits per heavy atom. The van der Waals surface area contributed by atoms with E-state index in [0.717, 1.165) is 12.7 Å². The summed E-state index contributed by atoms with van der Waals surface area (Å²) in [5.74, 6) is 0. The molecule has 0 aromatic rings. The summed E-state index contributed by atoms with van der Waals surface area (Å²) in [5.41, 5.74) is 0. The molecule has 0 aromatic heterocycles. The average Bonchev–Trinajstić information content (AvgIpc) is 2.31. The summed E-state index contributed by atoms with van der Waals surface area (Å²) < 4.78 is 0. The third-order valence-electron chi connectivity index (χ3n) is 2.38. The number of unbranched alkanes of at least 4 members (excludes halogenated alkanes) is 6. The first kappa shape index (κ1) is 14.9. The average molecular weight is 220 g/mol. The summed E-state index contributed by atoms with van der Waals surface area (Å²) in [6.07, 6.45) is 21.3. The van der Waals surface area contributed by atoms with E-state index in [-0.39, 0.29) is 0 Å². The molecule has 0 aromatic carbocycles. The highest BCUT2D eigenvalue weighted by atomic mass is 16.1. The van der Waals surface area contributed by atoms with Crippen LogP contribution in [0.25, 0.3) is 0 Å². The molecule has 0 spiro atoms. The summed E-state index contributed by atoms with van der Waals surface area (Å²) in [4.78, 5) is 9.95. The Labute approximate surface area is 99.9 Å². The van der Waals surface area contributed by atoms with E-state index in [1.165, 1.54) is 44.6 Å². The van der Waals surface area contributed by atoms with Gasteiger partial charge in [0.15, 0.2) is 0 Å². The van der Waals surface area contributed by atoms with Crippen LogP contribution in [0, 0.1) is 0 Å². The Morgan fingerprint density at radius 1 is 0.750 bits per heavy atom. The fourth-order valence-corrected chi connectivity index (χ4v) is 1.46. The molecule has 1 nitrogen and oxygen atoms in total. The van der Waals surface area contributed by atoms with Crippen LogP contribution in [0.15, 0.2) is 36.5 Å². The van der Waals surface area contributed by atoms with Gasteiger partial charge < -0.3 is 0 Å². The molecule has 0 aliphatic rings. The van der Waals surface area contributed by atoms with Gasteiger partial charge in [-0.15, -0.1) is 0 Å². The minimum atomic E-state index is 0.782. The molecule has 90 valence electrons. The summed E-state index contributed by atoms with van der Waals surface area (Å²) in [5, 5.41) is 0. The molecule has 16 heavy (non-hydrogen) atoms. The lowest BCUT2D eigenvalue weighted by Crippen LogP contribution is -1.77. The summed E-state index contributed by atoms with van der Waals surface area (Å²) in [6, 6.07) is 0. The molecule has 0 atom stereocenters. The highest BCUT2D eigenvalue weighted by molar-refractivity contribution is 5.65. The van der Waals surface area contributed by atoms with Gasteiger partial charge in [0, 0.05) is 0 Å². The van der Waals surface area contributed by atoms with E-state index in [0.29, 0.717) is 0 Å². The van der Waals surface area contributed by atoms with Crippen molar-refractivity contribution in [2.45, 2.75) is 51.9 Å². The Balaban J connectivity index is 3.24. The molecular formula is C15H24O. The fourth-order valence-electron chi connectivity index (χ4n) is 1.46. The number of carbonyl (C=O) groups excluding carboxylic acids is 1. The van der Waals surface area contributed by atoms with Crippen LogP contribution >= 0.6 is 0 Å². The summed E-state index contributed by atoms with van der Waals surface area (Å²) in [7, 11) is 0. The molecule has 0 heterocycles. The molecule has 0 aliphatic carbocycles. The number of allylic oxidation sites excluding steroid dienone is 6. The van der Waals surface area contributed by atoms with Gasteiger partial charge in [0.05, 0.1) is 0 Å². The Morgan fingerprint density at radius 3 is 2.12 bits per heavy atom. The molecule has 0 bridgehead atoms. The molecule has 0 fully saturated rings. The fraction of sp³-hybridized carbons (Fsp3) is 0.533. The van der Waals surface area contributed by atoms with Crippen molar-refractivity contribution < 1.29 is 4.79 Å². The van der Waals surface area contributed by atoms with E-state index in [1.54, 1.807) is 6.08 Å². The van der Waals surface area contributed by atoms with Gasteiger partial charge in [-0.2, -0.15) is 0 Å². The van der Waals surface area contributed by atoms with E-state index >= 15 is 0 Å². The number of hydrogen-bond donors (Lipinski definition) is 0. The highest BCUT2D eigenvalue weighted by Gasteiger charge is 1.87. The van der Waals surface area contributed by atoms with Gasteiger partial charge in [0.25, 0.3) is 0 Å². The highest BCUT2D eigenvalue weighted by Crippen LogP contribution is 2.06. The smallest absolute Gasteiger partial charge is 0.142 e. The molecule has 0 saturated heterocycles. The van der Waals surface area contributed by atoms with Crippen LogP contribution in [0.4, 0.5) is 0 Å². The molecule has 0 N–H and O–H groups in total. The lowest BCUT2D eigenvalue weighted by molar-refractivity contribution is -0.104. The molecule has 0 saturated carbocycles. The number of rotatable bonds is 10. The lowest BCUT2D eigenvalue weighted by Gasteiger charge is -1.97. The number of hydrogen-bond acceptors (Lipinski definition) is 1. The standard InChI is InChI=1S/C15H24O/c1-2-3-4-5-6-7-8-9-10-11-12-13-14-15-16/h9-15H,2-8H2,1H3/b10-9+,12-11+,14-13+. The maximum Gasteiger partial charge on any atom is 0.142 e. The first-order valence-corrected chi connectivity index (χ1v) is 6.35. The molecule has 0 unspecified atom stereocenters. The van der Waals surface area contributed by atoms with E-state index in [4.69, 9.17) is 0 Å². The van der Waals surface area contributed by atoms with Crippen molar-refractivity contribution in [1.29, 1.82) is 0 Å². The molecular weight excluding hydrogens is 196 g/mol. The van der Waals surface area contributed by atoms with Crippen molar-refractivity contribution in [2.75, 3.05) is 0 Å². The number of carbonyl (C=O) groups is 1. The van der Waals surface area contributed by atoms with Gasteiger partial charge in [0.2, 0.25) is 0 Å². The largest absolute Gasteiger partial charge is 0.299 e. The maximum absolute atomic E-state index is 9.95. The van der Waals surface area contributed by atoms with Gasteiger partial charge in [-0.05, 0) is 18.9 Å². The van der Waals surface area contributed by atoms with Crippen LogP contribution in [0.2, 0.25) is 0 Å². The zero-order valence-electron chi connectivity index (χ0n) is 10.4. The molecule has 1 heteroatoms. The second kappa shape index (κ2) is 13.9. The van der Waals surface area contributed by atoms with Gasteiger partial charge in [-0.3, -0.25) is 4.79 Å². The number of aldehydes is 1. The van der Waals surface area contributed by atoms with E-state index < -0.39 is 0 Å². The van der Waals surface area contributed by atoms with Crippen molar-refractivity contribution in [3.63, 3.8) is 0 Å². The quantitative estimate of drug-likeness (QED) is 0.227. The monoisotopic (exact) mass is 220 g/mol. The lowest BCUT2D eigenvalue weighted by atomic mass is 10.1.